The number of carbonyl (C=O) groups excluding carboxylic acids is 2. The van der Waals surface area contributed by atoms with Crippen LogP contribution in [0.4, 0.5) is 5.69 Å². The maximum atomic E-state index is 12.7. The van der Waals surface area contributed by atoms with Crippen LogP contribution in [0.15, 0.2) is 66.7 Å². The van der Waals surface area contributed by atoms with Gasteiger partial charge in [-0.25, -0.2) is 0 Å². The molecule has 0 atom stereocenters. The maximum Gasteiger partial charge on any atom is 0.253 e. The highest BCUT2D eigenvalue weighted by Gasteiger charge is 2.13. The van der Waals surface area contributed by atoms with Gasteiger partial charge in [0.2, 0.25) is 5.91 Å². The normalized spacial score (nSPS) is 10.5. The molecule has 2 amide bonds. The molecule has 0 aliphatic heterocycles. The third-order valence-corrected chi connectivity index (χ3v) is 5.20. The number of ether oxygens (including phenoxy) is 1. The van der Waals surface area contributed by atoms with Crippen LogP contribution < -0.4 is 15.4 Å². The number of hydrogen-bond acceptors (Lipinski definition) is 3. The largest absolute Gasteiger partial charge is 0.493 e. The molecule has 3 rings (SSSR count). The van der Waals surface area contributed by atoms with Crippen LogP contribution in [0.25, 0.3) is 0 Å². The molecule has 0 aliphatic rings. The molecule has 0 aliphatic carbocycles. The molecule has 0 saturated heterocycles. The van der Waals surface area contributed by atoms with Gasteiger partial charge in [0.05, 0.1) is 17.9 Å². The van der Waals surface area contributed by atoms with Crippen LogP contribution in [0.5, 0.6) is 5.75 Å². The van der Waals surface area contributed by atoms with E-state index in [2.05, 4.69) is 10.6 Å². The van der Waals surface area contributed by atoms with Gasteiger partial charge in [0.1, 0.15) is 5.75 Å². The van der Waals surface area contributed by atoms with Crippen molar-refractivity contribution in [3.8, 4) is 5.75 Å². The van der Waals surface area contributed by atoms with Gasteiger partial charge in [0, 0.05) is 18.0 Å². The predicted molar refractivity (Wildman–Crippen MR) is 128 cm³/mol. The average Bonchev–Trinajstić information content (AvgIpc) is 2.77. The molecule has 0 bridgehead atoms. The van der Waals surface area contributed by atoms with Crippen LogP contribution in [-0.4, -0.2) is 18.4 Å². The lowest BCUT2D eigenvalue weighted by atomic mass is 10.1. The summed E-state index contributed by atoms with van der Waals surface area (Å²) >= 11 is 5.95. The van der Waals surface area contributed by atoms with E-state index in [1.165, 1.54) is 5.56 Å². The quantitative estimate of drug-likeness (QED) is 0.412. The lowest BCUT2D eigenvalue weighted by molar-refractivity contribution is -0.116. The van der Waals surface area contributed by atoms with E-state index >= 15 is 0 Å². The molecular weight excluding hydrogens is 424 g/mol. The Labute approximate surface area is 193 Å². The molecule has 3 aromatic rings. The maximum absolute atomic E-state index is 12.7. The number of benzene rings is 3. The van der Waals surface area contributed by atoms with Crippen LogP contribution in [0.3, 0.4) is 0 Å². The fourth-order valence-corrected chi connectivity index (χ4v) is 3.40. The summed E-state index contributed by atoms with van der Waals surface area (Å²) in [5.41, 5.74) is 4.06. The number of carbonyl (C=O) groups is 2. The first-order valence-corrected chi connectivity index (χ1v) is 10.9. The van der Waals surface area contributed by atoms with Crippen molar-refractivity contribution in [3.63, 3.8) is 0 Å². The molecule has 0 fully saturated rings. The molecule has 0 radical (unpaired) electrons. The molecule has 2 N–H and O–H groups in total. The minimum absolute atomic E-state index is 0.166. The topological polar surface area (TPSA) is 67.4 Å². The molecule has 6 heteroatoms. The first kappa shape index (κ1) is 23.4. The molecule has 0 spiro atoms. The summed E-state index contributed by atoms with van der Waals surface area (Å²) in [6.07, 6.45) is 0.835. The van der Waals surface area contributed by atoms with Gasteiger partial charge in [-0.05, 0) is 61.7 Å². The second-order valence-electron chi connectivity index (χ2n) is 7.62. The van der Waals surface area contributed by atoms with Crippen LogP contribution in [0, 0.1) is 13.8 Å². The summed E-state index contributed by atoms with van der Waals surface area (Å²) in [5.74, 6) is 0.355. The van der Waals surface area contributed by atoms with E-state index in [4.69, 9.17) is 16.3 Å². The van der Waals surface area contributed by atoms with Gasteiger partial charge in [-0.1, -0.05) is 53.6 Å². The zero-order chi connectivity index (χ0) is 22.9. The Bertz CT molecular complexity index is 1080. The third-order valence-electron chi connectivity index (χ3n) is 4.96. The number of rotatable bonds is 9. The van der Waals surface area contributed by atoms with Gasteiger partial charge in [-0.3, -0.25) is 9.59 Å². The van der Waals surface area contributed by atoms with Crippen molar-refractivity contribution in [3.05, 3.63) is 94.0 Å². The van der Waals surface area contributed by atoms with Gasteiger partial charge in [0.15, 0.2) is 0 Å². The second kappa shape index (κ2) is 11.3. The van der Waals surface area contributed by atoms with E-state index in [1.807, 2.05) is 50.2 Å². The lowest BCUT2D eigenvalue weighted by Gasteiger charge is -2.12. The third kappa shape index (κ3) is 6.86. The Morgan fingerprint density at radius 3 is 2.47 bits per heavy atom. The van der Waals surface area contributed by atoms with Crippen molar-refractivity contribution in [1.82, 2.24) is 5.32 Å². The highest BCUT2D eigenvalue weighted by atomic mass is 35.5. The molecule has 5 nitrogen and oxygen atoms in total. The van der Waals surface area contributed by atoms with Gasteiger partial charge in [0.25, 0.3) is 5.91 Å². The molecular formula is C26H27ClN2O3. The Morgan fingerprint density at radius 2 is 1.72 bits per heavy atom. The summed E-state index contributed by atoms with van der Waals surface area (Å²) in [4.78, 5) is 25.1. The summed E-state index contributed by atoms with van der Waals surface area (Å²) in [5, 5.41) is 6.41. The first-order valence-electron chi connectivity index (χ1n) is 10.5. The van der Waals surface area contributed by atoms with Crippen LogP contribution in [0.1, 0.15) is 39.9 Å². The monoisotopic (exact) mass is 450 g/mol. The highest BCUT2D eigenvalue weighted by Crippen LogP contribution is 2.22. The summed E-state index contributed by atoms with van der Waals surface area (Å²) in [6, 6.07) is 20.4. The molecule has 0 saturated carbocycles. The van der Waals surface area contributed by atoms with Gasteiger partial charge in [-0.2, -0.15) is 0 Å². The minimum atomic E-state index is -0.233. The Hall–Kier alpha value is -3.31. The number of halogens is 1. The number of para-hydroxylation sites is 1. The van der Waals surface area contributed by atoms with Crippen molar-refractivity contribution in [2.24, 2.45) is 0 Å². The van der Waals surface area contributed by atoms with Crippen molar-refractivity contribution >= 4 is 29.1 Å². The number of amides is 2. The SMILES string of the molecule is Cc1ccc(CNC(=O)c2ccccc2NC(=O)CCCOc2ccc(Cl)cc2C)cc1. The Kier molecular flexibility index (Phi) is 8.28. The van der Waals surface area contributed by atoms with Crippen molar-refractivity contribution in [2.45, 2.75) is 33.2 Å². The standard InChI is InChI=1S/C26H27ClN2O3/c1-18-9-11-20(12-10-18)17-28-26(31)22-6-3-4-7-23(22)29-25(30)8-5-15-32-24-14-13-21(27)16-19(24)2/h3-4,6-7,9-14,16H,5,8,15,17H2,1-2H3,(H,28,31)(H,29,30). The minimum Gasteiger partial charge on any atom is -0.493 e. The zero-order valence-electron chi connectivity index (χ0n) is 18.3. The molecule has 3 aromatic carbocycles. The summed E-state index contributed by atoms with van der Waals surface area (Å²) in [6.45, 7) is 4.78. The number of nitrogens with one attached hydrogen (secondary N) is 2. The lowest BCUT2D eigenvalue weighted by Crippen LogP contribution is -2.25. The number of hydrogen-bond donors (Lipinski definition) is 2. The van der Waals surface area contributed by atoms with Crippen LogP contribution in [-0.2, 0) is 11.3 Å². The van der Waals surface area contributed by atoms with E-state index in [1.54, 1.807) is 30.3 Å². The number of anilines is 1. The van der Waals surface area contributed by atoms with Gasteiger partial charge >= 0.3 is 0 Å². The molecule has 0 aromatic heterocycles. The summed E-state index contributed by atoms with van der Waals surface area (Å²) < 4.78 is 5.73. The first-order chi connectivity index (χ1) is 15.4. The Balaban J connectivity index is 1.49. The van der Waals surface area contributed by atoms with Crippen LogP contribution in [0.2, 0.25) is 5.02 Å². The second-order valence-corrected chi connectivity index (χ2v) is 8.06. The highest BCUT2D eigenvalue weighted by molar-refractivity contribution is 6.30. The molecule has 166 valence electrons. The summed E-state index contributed by atoms with van der Waals surface area (Å²) in [7, 11) is 0. The fraction of sp³-hybridized carbons (Fsp3) is 0.231. The zero-order valence-corrected chi connectivity index (χ0v) is 19.0. The van der Waals surface area contributed by atoms with E-state index < -0.39 is 0 Å². The smallest absolute Gasteiger partial charge is 0.253 e. The number of aryl methyl sites for hydroxylation is 2. The van der Waals surface area contributed by atoms with Crippen molar-refractivity contribution in [1.29, 1.82) is 0 Å². The molecule has 0 unspecified atom stereocenters. The van der Waals surface area contributed by atoms with E-state index in [0.29, 0.717) is 35.8 Å². The van der Waals surface area contributed by atoms with E-state index in [9.17, 15) is 9.59 Å². The van der Waals surface area contributed by atoms with E-state index in [-0.39, 0.29) is 18.2 Å². The van der Waals surface area contributed by atoms with Gasteiger partial charge < -0.3 is 15.4 Å². The Morgan fingerprint density at radius 1 is 0.969 bits per heavy atom. The van der Waals surface area contributed by atoms with Crippen LogP contribution >= 0.6 is 11.6 Å². The van der Waals surface area contributed by atoms with Crippen molar-refractivity contribution in [2.75, 3.05) is 11.9 Å². The average molecular weight is 451 g/mol. The molecule has 32 heavy (non-hydrogen) atoms. The van der Waals surface area contributed by atoms with Gasteiger partial charge in [-0.15, -0.1) is 0 Å². The predicted octanol–water partition coefficient (Wildman–Crippen LogP) is 5.68. The van der Waals surface area contributed by atoms with E-state index in [0.717, 1.165) is 16.9 Å². The molecule has 0 heterocycles. The van der Waals surface area contributed by atoms with Crippen molar-refractivity contribution < 1.29 is 14.3 Å². The fourth-order valence-electron chi connectivity index (χ4n) is 3.18.